The Kier molecular flexibility index (Phi) is 4.29. The molecular weight excluding hydrogens is 200 g/mol. The molecule has 0 aliphatic heterocycles. The maximum Gasteiger partial charge on any atom is 0.331 e. The minimum Gasteiger partial charge on any atom is -0.463 e. The van der Waals surface area contributed by atoms with Crippen molar-refractivity contribution in [2.45, 2.75) is 27.7 Å². The highest BCUT2D eigenvalue weighted by Crippen LogP contribution is 2.19. The second-order valence-electron chi connectivity index (χ2n) is 3.90. The molecule has 0 unspecified atom stereocenters. The molecule has 0 aliphatic carbocycles. The molecule has 1 aromatic carbocycles. The number of carbonyl (C=O) groups is 1. The van der Waals surface area contributed by atoms with Crippen LogP contribution >= 0.6 is 0 Å². The molecule has 2 heteroatoms. The number of rotatable bonds is 3. The minimum atomic E-state index is -0.278. The fourth-order valence-corrected chi connectivity index (χ4v) is 1.69. The normalized spacial score (nSPS) is 11.4. The number of benzene rings is 1. The van der Waals surface area contributed by atoms with Gasteiger partial charge < -0.3 is 4.74 Å². The zero-order valence-electron chi connectivity index (χ0n) is 10.3. The minimum absolute atomic E-state index is 0.278. The lowest BCUT2D eigenvalue weighted by Crippen LogP contribution is -2.00. The van der Waals surface area contributed by atoms with E-state index in [-0.39, 0.29) is 5.97 Å². The quantitative estimate of drug-likeness (QED) is 0.575. The van der Waals surface area contributed by atoms with E-state index in [0.717, 1.165) is 11.1 Å². The maximum atomic E-state index is 11.3. The van der Waals surface area contributed by atoms with Crippen molar-refractivity contribution < 1.29 is 9.53 Å². The molecule has 0 aromatic heterocycles. The molecule has 1 rings (SSSR count). The Morgan fingerprint density at radius 2 is 2.06 bits per heavy atom. The number of aryl methyl sites for hydroxylation is 2. The van der Waals surface area contributed by atoms with E-state index in [2.05, 4.69) is 13.0 Å². The third-order valence-electron chi connectivity index (χ3n) is 2.43. The predicted octanol–water partition coefficient (Wildman–Crippen LogP) is 3.27. The molecule has 0 bridgehead atoms. The summed E-state index contributed by atoms with van der Waals surface area (Å²) in [4.78, 5) is 11.3. The van der Waals surface area contributed by atoms with E-state index in [0.29, 0.717) is 6.61 Å². The van der Waals surface area contributed by atoms with Crippen LogP contribution in [0, 0.1) is 13.8 Å². The number of esters is 1. The van der Waals surface area contributed by atoms with Crippen LogP contribution in [0.2, 0.25) is 0 Å². The van der Waals surface area contributed by atoms with Crippen molar-refractivity contribution in [2.75, 3.05) is 6.61 Å². The summed E-state index contributed by atoms with van der Waals surface area (Å²) < 4.78 is 4.88. The van der Waals surface area contributed by atoms with Gasteiger partial charge in [0.25, 0.3) is 0 Å². The molecule has 0 radical (unpaired) electrons. The molecule has 16 heavy (non-hydrogen) atoms. The Morgan fingerprint density at radius 3 is 2.62 bits per heavy atom. The third kappa shape index (κ3) is 3.23. The first kappa shape index (κ1) is 12.5. The van der Waals surface area contributed by atoms with Crippen molar-refractivity contribution in [3.8, 4) is 0 Å². The molecule has 2 nitrogen and oxygen atoms in total. The predicted molar refractivity (Wildman–Crippen MR) is 66.2 cm³/mol. The monoisotopic (exact) mass is 218 g/mol. The van der Waals surface area contributed by atoms with Crippen molar-refractivity contribution in [2.24, 2.45) is 0 Å². The summed E-state index contributed by atoms with van der Waals surface area (Å²) in [5.74, 6) is -0.278. The molecule has 0 N–H and O–H groups in total. The topological polar surface area (TPSA) is 26.3 Å². The van der Waals surface area contributed by atoms with E-state index in [4.69, 9.17) is 4.74 Å². The molecule has 0 saturated carbocycles. The smallest absolute Gasteiger partial charge is 0.331 e. The van der Waals surface area contributed by atoms with Gasteiger partial charge in [0.2, 0.25) is 0 Å². The van der Waals surface area contributed by atoms with Gasteiger partial charge in [-0.3, -0.25) is 0 Å². The zero-order chi connectivity index (χ0) is 12.1. The first-order chi connectivity index (χ1) is 7.54. The van der Waals surface area contributed by atoms with Crippen molar-refractivity contribution >= 4 is 11.5 Å². The van der Waals surface area contributed by atoms with Crippen LogP contribution in [0.4, 0.5) is 0 Å². The van der Waals surface area contributed by atoms with E-state index in [1.807, 2.05) is 26.0 Å². The molecular formula is C14H18O2. The van der Waals surface area contributed by atoms with Crippen molar-refractivity contribution in [3.05, 3.63) is 41.0 Å². The van der Waals surface area contributed by atoms with Crippen molar-refractivity contribution in [1.29, 1.82) is 0 Å². The van der Waals surface area contributed by atoms with E-state index >= 15 is 0 Å². The van der Waals surface area contributed by atoms with Crippen LogP contribution < -0.4 is 0 Å². The highest BCUT2D eigenvalue weighted by Gasteiger charge is 2.03. The fraction of sp³-hybridized carbons (Fsp3) is 0.357. The maximum absolute atomic E-state index is 11.3. The summed E-state index contributed by atoms with van der Waals surface area (Å²) in [6.45, 7) is 8.24. The summed E-state index contributed by atoms with van der Waals surface area (Å²) in [5.41, 5.74) is 4.44. The number of allylic oxidation sites excluding steroid dienone is 1. The highest BCUT2D eigenvalue weighted by molar-refractivity contribution is 5.91. The molecule has 1 aromatic rings. The van der Waals surface area contributed by atoms with Crippen molar-refractivity contribution in [1.82, 2.24) is 0 Å². The first-order valence-corrected chi connectivity index (χ1v) is 5.47. The van der Waals surface area contributed by atoms with E-state index in [9.17, 15) is 4.79 Å². The van der Waals surface area contributed by atoms with Gasteiger partial charge in [0.1, 0.15) is 0 Å². The first-order valence-electron chi connectivity index (χ1n) is 5.47. The Morgan fingerprint density at radius 1 is 1.38 bits per heavy atom. The Balaban J connectivity index is 2.96. The molecule has 0 saturated heterocycles. The van der Waals surface area contributed by atoms with Gasteiger partial charge >= 0.3 is 5.97 Å². The second kappa shape index (κ2) is 5.50. The third-order valence-corrected chi connectivity index (χ3v) is 2.43. The summed E-state index contributed by atoms with van der Waals surface area (Å²) in [7, 11) is 0. The van der Waals surface area contributed by atoms with Crippen LogP contribution in [-0.4, -0.2) is 12.6 Å². The van der Waals surface area contributed by atoms with Gasteiger partial charge in [-0.2, -0.15) is 0 Å². The Hall–Kier alpha value is -1.57. The highest BCUT2D eigenvalue weighted by atomic mass is 16.5. The van der Waals surface area contributed by atoms with Gasteiger partial charge in [-0.1, -0.05) is 23.8 Å². The Labute approximate surface area is 96.9 Å². The van der Waals surface area contributed by atoms with Gasteiger partial charge in [0.05, 0.1) is 6.61 Å². The Bertz CT molecular complexity index is 417. The average Bonchev–Trinajstić information content (AvgIpc) is 2.17. The van der Waals surface area contributed by atoms with Crippen LogP contribution in [0.5, 0.6) is 0 Å². The lowest BCUT2D eigenvalue weighted by atomic mass is 9.99. The van der Waals surface area contributed by atoms with Gasteiger partial charge in [0, 0.05) is 6.08 Å². The summed E-state index contributed by atoms with van der Waals surface area (Å²) in [5, 5.41) is 0. The average molecular weight is 218 g/mol. The SMILES string of the molecule is CCOC(=O)/C=C(/C)c1ccc(C)cc1C. The summed E-state index contributed by atoms with van der Waals surface area (Å²) >= 11 is 0. The number of ether oxygens (including phenoxy) is 1. The van der Waals surface area contributed by atoms with Gasteiger partial charge in [0.15, 0.2) is 0 Å². The van der Waals surface area contributed by atoms with Crippen LogP contribution in [0.1, 0.15) is 30.5 Å². The summed E-state index contributed by atoms with van der Waals surface area (Å²) in [6.07, 6.45) is 1.54. The standard InChI is InChI=1S/C14H18O2/c1-5-16-14(15)9-12(4)13-7-6-10(2)8-11(13)3/h6-9H,5H2,1-4H3/b12-9-. The van der Waals surface area contributed by atoms with E-state index in [1.54, 1.807) is 13.0 Å². The van der Waals surface area contributed by atoms with Crippen LogP contribution in [-0.2, 0) is 9.53 Å². The molecule has 0 aliphatic rings. The van der Waals surface area contributed by atoms with E-state index < -0.39 is 0 Å². The zero-order valence-corrected chi connectivity index (χ0v) is 10.3. The number of hydrogen-bond donors (Lipinski definition) is 0. The summed E-state index contributed by atoms with van der Waals surface area (Å²) in [6, 6.07) is 6.19. The molecule has 0 atom stereocenters. The number of hydrogen-bond acceptors (Lipinski definition) is 2. The van der Waals surface area contributed by atoms with Crippen LogP contribution in [0.25, 0.3) is 5.57 Å². The van der Waals surface area contributed by atoms with Crippen LogP contribution in [0.15, 0.2) is 24.3 Å². The molecule has 0 heterocycles. The molecule has 0 fully saturated rings. The lowest BCUT2D eigenvalue weighted by molar-refractivity contribution is -0.137. The molecule has 0 amide bonds. The van der Waals surface area contributed by atoms with Crippen molar-refractivity contribution in [3.63, 3.8) is 0 Å². The van der Waals surface area contributed by atoms with Gasteiger partial charge in [-0.15, -0.1) is 0 Å². The lowest BCUT2D eigenvalue weighted by Gasteiger charge is -2.07. The van der Waals surface area contributed by atoms with Gasteiger partial charge in [-0.25, -0.2) is 4.79 Å². The van der Waals surface area contributed by atoms with E-state index in [1.165, 1.54) is 11.1 Å². The number of carbonyl (C=O) groups excluding carboxylic acids is 1. The second-order valence-corrected chi connectivity index (χ2v) is 3.90. The molecule has 0 spiro atoms. The van der Waals surface area contributed by atoms with Gasteiger partial charge in [-0.05, 0) is 44.4 Å². The van der Waals surface area contributed by atoms with Crippen LogP contribution in [0.3, 0.4) is 0 Å². The fourth-order valence-electron chi connectivity index (χ4n) is 1.69. The molecule has 86 valence electrons. The largest absolute Gasteiger partial charge is 0.463 e.